The van der Waals surface area contributed by atoms with E-state index >= 15 is 0 Å². The van der Waals surface area contributed by atoms with Crippen molar-refractivity contribution in [1.82, 2.24) is 0 Å². The molecule has 84 valence electrons. The highest BCUT2D eigenvalue weighted by molar-refractivity contribution is 5.60. The Morgan fingerprint density at radius 2 is 2.25 bits per heavy atom. The van der Waals surface area contributed by atoms with Crippen molar-refractivity contribution in [2.45, 2.75) is 13.8 Å². The van der Waals surface area contributed by atoms with Gasteiger partial charge in [0.15, 0.2) is 0 Å². The molecule has 3 nitrogen and oxygen atoms in total. The van der Waals surface area contributed by atoms with Crippen LogP contribution in [-0.4, -0.2) is 19.8 Å². The number of nitriles is 1. The Morgan fingerprint density at radius 3 is 2.81 bits per heavy atom. The predicted octanol–water partition coefficient (Wildman–Crippen LogP) is 2.32. The highest BCUT2D eigenvalue weighted by Gasteiger charge is 2.33. The second-order valence-electron chi connectivity index (χ2n) is 4.77. The largest absolute Gasteiger partial charge is 0.383 e. The summed E-state index contributed by atoms with van der Waals surface area (Å²) in [6, 6.07) is 8.12. The third-order valence-corrected chi connectivity index (χ3v) is 2.99. The van der Waals surface area contributed by atoms with Crippen LogP contribution in [0, 0.1) is 23.7 Å². The molecule has 16 heavy (non-hydrogen) atoms. The van der Waals surface area contributed by atoms with Gasteiger partial charge in [-0.15, -0.1) is 0 Å². The maximum atomic E-state index is 9.09. The Balaban J connectivity index is 2.10. The van der Waals surface area contributed by atoms with Crippen LogP contribution in [0.25, 0.3) is 0 Å². The fourth-order valence-corrected chi connectivity index (χ4v) is 1.82. The first kappa shape index (κ1) is 11.0. The molecule has 1 N–H and O–H groups in total. The first-order valence-corrected chi connectivity index (χ1v) is 5.46. The van der Waals surface area contributed by atoms with Crippen LogP contribution in [0.2, 0.25) is 0 Å². The van der Waals surface area contributed by atoms with Gasteiger partial charge in [0.05, 0.1) is 24.5 Å². The van der Waals surface area contributed by atoms with E-state index in [1.54, 1.807) is 0 Å². The van der Waals surface area contributed by atoms with Crippen molar-refractivity contribution in [1.29, 1.82) is 5.26 Å². The van der Waals surface area contributed by atoms with Crippen molar-refractivity contribution in [3.05, 3.63) is 29.3 Å². The smallest absolute Gasteiger partial charge is 0.102 e. The van der Waals surface area contributed by atoms with Gasteiger partial charge in [0.25, 0.3) is 0 Å². The second kappa shape index (κ2) is 4.15. The summed E-state index contributed by atoms with van der Waals surface area (Å²) in [5.41, 5.74) is 2.90. The van der Waals surface area contributed by atoms with E-state index in [-0.39, 0.29) is 5.41 Å². The van der Waals surface area contributed by atoms with E-state index in [2.05, 4.69) is 18.3 Å². The minimum atomic E-state index is 0.219. The molecule has 0 bridgehead atoms. The molecule has 3 heteroatoms. The molecule has 1 fully saturated rings. The van der Waals surface area contributed by atoms with E-state index in [9.17, 15) is 0 Å². The number of benzene rings is 1. The predicted molar refractivity (Wildman–Crippen MR) is 63.3 cm³/mol. The molecule has 0 unspecified atom stereocenters. The van der Waals surface area contributed by atoms with Crippen molar-refractivity contribution in [2.75, 3.05) is 25.1 Å². The van der Waals surface area contributed by atoms with Crippen LogP contribution in [0.1, 0.15) is 18.1 Å². The maximum Gasteiger partial charge on any atom is 0.102 e. The third-order valence-electron chi connectivity index (χ3n) is 2.99. The molecule has 0 atom stereocenters. The minimum absolute atomic E-state index is 0.219. The summed E-state index contributed by atoms with van der Waals surface area (Å²) >= 11 is 0. The fourth-order valence-electron chi connectivity index (χ4n) is 1.82. The van der Waals surface area contributed by atoms with Crippen LogP contribution in [0.5, 0.6) is 0 Å². The van der Waals surface area contributed by atoms with E-state index in [1.165, 1.54) is 0 Å². The molecule has 1 aliphatic rings. The van der Waals surface area contributed by atoms with Crippen molar-refractivity contribution in [3.8, 4) is 6.07 Å². The molecule has 0 aromatic heterocycles. The fraction of sp³-hybridized carbons (Fsp3) is 0.462. The van der Waals surface area contributed by atoms with Crippen molar-refractivity contribution < 1.29 is 4.74 Å². The summed E-state index contributed by atoms with van der Waals surface area (Å²) in [7, 11) is 0. The zero-order valence-electron chi connectivity index (χ0n) is 9.71. The zero-order chi connectivity index (χ0) is 11.6. The quantitative estimate of drug-likeness (QED) is 0.843. The lowest BCUT2D eigenvalue weighted by Gasteiger charge is -2.38. The summed E-state index contributed by atoms with van der Waals surface area (Å²) < 4.78 is 5.20. The number of hydrogen-bond acceptors (Lipinski definition) is 3. The standard InChI is InChI=1S/C13H16N2O/c1-10-4-3-5-12(11(10)6-14)15-7-13(2)8-16-9-13/h3-5,15H,7-9H2,1-2H3. The Labute approximate surface area is 96.0 Å². The number of ether oxygens (including phenoxy) is 1. The molecule has 0 radical (unpaired) electrons. The molecule has 1 aromatic rings. The van der Waals surface area contributed by atoms with Gasteiger partial charge in [0.1, 0.15) is 6.07 Å². The molecular weight excluding hydrogens is 200 g/mol. The summed E-state index contributed by atoms with van der Waals surface area (Å²) in [5.74, 6) is 0. The van der Waals surface area contributed by atoms with Crippen LogP contribution >= 0.6 is 0 Å². The Hall–Kier alpha value is -1.53. The van der Waals surface area contributed by atoms with E-state index in [4.69, 9.17) is 10.00 Å². The number of nitrogens with one attached hydrogen (secondary N) is 1. The highest BCUT2D eigenvalue weighted by atomic mass is 16.5. The molecule has 1 aliphatic heterocycles. The summed E-state index contributed by atoms with van der Waals surface area (Å²) in [6.07, 6.45) is 0. The minimum Gasteiger partial charge on any atom is -0.383 e. The van der Waals surface area contributed by atoms with E-state index in [0.29, 0.717) is 0 Å². The topological polar surface area (TPSA) is 45.0 Å². The van der Waals surface area contributed by atoms with E-state index in [1.807, 2.05) is 25.1 Å². The Morgan fingerprint density at radius 1 is 1.50 bits per heavy atom. The molecule has 0 aliphatic carbocycles. The second-order valence-corrected chi connectivity index (χ2v) is 4.77. The Bertz CT molecular complexity index is 430. The van der Waals surface area contributed by atoms with Gasteiger partial charge >= 0.3 is 0 Å². The molecule has 1 heterocycles. The summed E-state index contributed by atoms with van der Waals surface area (Å²) in [5, 5.41) is 12.4. The van der Waals surface area contributed by atoms with Crippen molar-refractivity contribution >= 4 is 5.69 Å². The van der Waals surface area contributed by atoms with Crippen LogP contribution in [-0.2, 0) is 4.74 Å². The molecule has 1 aromatic carbocycles. The number of rotatable bonds is 3. The van der Waals surface area contributed by atoms with Gasteiger partial charge in [-0.05, 0) is 18.6 Å². The van der Waals surface area contributed by atoms with Gasteiger partial charge in [-0.25, -0.2) is 0 Å². The summed E-state index contributed by atoms with van der Waals surface area (Å²) in [4.78, 5) is 0. The monoisotopic (exact) mass is 216 g/mol. The van der Waals surface area contributed by atoms with Gasteiger partial charge < -0.3 is 10.1 Å². The van der Waals surface area contributed by atoms with Gasteiger partial charge in [-0.3, -0.25) is 0 Å². The van der Waals surface area contributed by atoms with Gasteiger partial charge in [-0.1, -0.05) is 19.1 Å². The lowest BCUT2D eigenvalue weighted by molar-refractivity contribution is -0.0924. The lowest BCUT2D eigenvalue weighted by Crippen LogP contribution is -2.45. The number of nitrogens with zero attached hydrogens (tertiary/aromatic N) is 1. The zero-order valence-corrected chi connectivity index (χ0v) is 9.71. The van der Waals surface area contributed by atoms with Crippen LogP contribution < -0.4 is 5.32 Å². The van der Waals surface area contributed by atoms with E-state index < -0.39 is 0 Å². The normalized spacial score (nSPS) is 17.3. The van der Waals surface area contributed by atoms with Gasteiger partial charge in [0, 0.05) is 12.0 Å². The average molecular weight is 216 g/mol. The lowest BCUT2D eigenvalue weighted by atomic mass is 9.88. The Kier molecular flexibility index (Phi) is 2.84. The van der Waals surface area contributed by atoms with Gasteiger partial charge in [-0.2, -0.15) is 5.26 Å². The third kappa shape index (κ3) is 2.02. The highest BCUT2D eigenvalue weighted by Crippen LogP contribution is 2.28. The first-order valence-electron chi connectivity index (χ1n) is 5.46. The van der Waals surface area contributed by atoms with Crippen LogP contribution in [0.4, 0.5) is 5.69 Å². The average Bonchev–Trinajstić information content (AvgIpc) is 2.24. The molecule has 0 amide bonds. The SMILES string of the molecule is Cc1cccc(NCC2(C)COC2)c1C#N. The van der Waals surface area contributed by atoms with Crippen LogP contribution in [0.3, 0.4) is 0 Å². The number of hydrogen-bond donors (Lipinski definition) is 1. The molecule has 2 rings (SSSR count). The van der Waals surface area contributed by atoms with Gasteiger partial charge in [0.2, 0.25) is 0 Å². The molecule has 0 spiro atoms. The first-order chi connectivity index (χ1) is 7.64. The van der Waals surface area contributed by atoms with Crippen molar-refractivity contribution in [2.24, 2.45) is 5.41 Å². The van der Waals surface area contributed by atoms with Crippen molar-refractivity contribution in [3.63, 3.8) is 0 Å². The number of anilines is 1. The molecule has 0 saturated carbocycles. The molecular formula is C13H16N2O. The summed E-state index contributed by atoms with van der Waals surface area (Å²) in [6.45, 7) is 6.59. The number of aryl methyl sites for hydroxylation is 1. The maximum absolute atomic E-state index is 9.09. The van der Waals surface area contributed by atoms with Crippen LogP contribution in [0.15, 0.2) is 18.2 Å². The van der Waals surface area contributed by atoms with E-state index in [0.717, 1.165) is 36.6 Å². The molecule has 1 saturated heterocycles.